The third-order valence-corrected chi connectivity index (χ3v) is 11.3. The molecule has 0 spiro atoms. The third kappa shape index (κ3) is 5.44. The minimum absolute atomic E-state index is 0.0101. The monoisotopic (exact) mass is 486 g/mol. The van der Waals surface area contributed by atoms with Crippen LogP contribution in [0.5, 0.6) is 0 Å². The van der Waals surface area contributed by atoms with Crippen LogP contribution in [-0.2, 0) is 10.8 Å². The summed E-state index contributed by atoms with van der Waals surface area (Å²) in [4.78, 5) is 12.5. The van der Waals surface area contributed by atoms with Gasteiger partial charge in [-0.05, 0) is 43.1 Å². The summed E-state index contributed by atoms with van der Waals surface area (Å²) >= 11 is 0. The molecule has 0 saturated heterocycles. The first-order valence-electron chi connectivity index (χ1n) is 11.5. The maximum Gasteiger partial charge on any atom is 0.273 e. The molecule has 1 fully saturated rings. The van der Waals surface area contributed by atoms with Crippen molar-refractivity contribution in [1.29, 1.82) is 0 Å². The van der Waals surface area contributed by atoms with Crippen molar-refractivity contribution in [2.75, 3.05) is 6.61 Å². The van der Waals surface area contributed by atoms with Gasteiger partial charge >= 0.3 is 0 Å². The van der Waals surface area contributed by atoms with Gasteiger partial charge in [0.15, 0.2) is 19.8 Å². The number of carbonyl (C=O) groups is 1. The summed E-state index contributed by atoms with van der Waals surface area (Å²) in [5.74, 6) is 0.924. The van der Waals surface area contributed by atoms with Crippen LogP contribution in [0.3, 0.4) is 0 Å². The van der Waals surface area contributed by atoms with Gasteiger partial charge in [-0.1, -0.05) is 38.1 Å². The molecule has 0 aliphatic heterocycles. The summed E-state index contributed by atoms with van der Waals surface area (Å²) in [6.07, 6.45) is 2.01. The molecule has 2 heterocycles. The number of hydrogen-bond donors (Lipinski definition) is 1. The zero-order valence-corrected chi connectivity index (χ0v) is 21.2. The second-order valence-electron chi connectivity index (χ2n) is 10.3. The van der Waals surface area contributed by atoms with Crippen LogP contribution in [0.2, 0.25) is 18.1 Å². The summed E-state index contributed by atoms with van der Waals surface area (Å²) in [5.41, 5.74) is 0.682. The molecule has 1 saturated carbocycles. The van der Waals surface area contributed by atoms with E-state index in [1.807, 2.05) is 0 Å². The summed E-state index contributed by atoms with van der Waals surface area (Å²) in [7, 11) is -1.80. The molecule has 0 atom stereocenters. The standard InChI is InChI=1S/C24H31FN4O4Si/c1-24(2,3)34(4,5)31-10-9-21-27-28-23(32-21)16-12-18(13-16)26-22(30)19-14-20(33-29-19)15-7-6-8-17(25)11-15/h6-8,11,14,16,18H,9-10,12-13H2,1-5H3,(H,26,30). The molecule has 1 N–H and O–H groups in total. The average molecular weight is 487 g/mol. The summed E-state index contributed by atoms with van der Waals surface area (Å²) in [5, 5.41) is 15.3. The molecule has 1 aromatic carbocycles. The molecule has 0 unspecified atom stereocenters. The fraction of sp³-hybridized carbons (Fsp3) is 0.500. The van der Waals surface area contributed by atoms with E-state index >= 15 is 0 Å². The van der Waals surface area contributed by atoms with Crippen LogP contribution in [0.4, 0.5) is 4.39 Å². The molecular formula is C24H31FN4O4Si. The van der Waals surface area contributed by atoms with E-state index in [1.165, 1.54) is 18.2 Å². The molecule has 4 rings (SSSR count). The summed E-state index contributed by atoms with van der Waals surface area (Å²) in [6, 6.07) is 7.44. The minimum Gasteiger partial charge on any atom is -0.425 e. The lowest BCUT2D eigenvalue weighted by atomic mass is 9.80. The SMILES string of the molecule is CC(C)(C)[Si](C)(C)OCCc1nnc(C2CC(NC(=O)c3cc(-c4cccc(F)c4)on3)C2)o1. The Hall–Kier alpha value is -2.85. The highest BCUT2D eigenvalue weighted by Gasteiger charge is 2.38. The fourth-order valence-electron chi connectivity index (χ4n) is 3.50. The molecule has 3 aromatic rings. The van der Waals surface area contributed by atoms with Crippen molar-refractivity contribution in [3.8, 4) is 11.3 Å². The number of benzene rings is 1. The largest absolute Gasteiger partial charge is 0.425 e. The molecule has 8 nitrogen and oxygen atoms in total. The number of amides is 1. The smallest absolute Gasteiger partial charge is 0.273 e. The van der Waals surface area contributed by atoms with Crippen molar-refractivity contribution in [3.05, 3.63) is 53.6 Å². The van der Waals surface area contributed by atoms with E-state index in [1.54, 1.807) is 12.1 Å². The Labute approximate surface area is 199 Å². The predicted octanol–water partition coefficient (Wildman–Crippen LogP) is 5.10. The van der Waals surface area contributed by atoms with Gasteiger partial charge in [0.1, 0.15) is 5.82 Å². The highest BCUT2D eigenvalue weighted by Crippen LogP contribution is 2.37. The predicted molar refractivity (Wildman–Crippen MR) is 126 cm³/mol. The van der Waals surface area contributed by atoms with Gasteiger partial charge in [-0.3, -0.25) is 4.79 Å². The van der Waals surface area contributed by atoms with E-state index in [-0.39, 0.29) is 34.4 Å². The van der Waals surface area contributed by atoms with Crippen molar-refractivity contribution in [2.24, 2.45) is 0 Å². The Morgan fingerprint density at radius 1 is 1.24 bits per heavy atom. The molecule has 1 aliphatic carbocycles. The molecule has 1 amide bonds. The van der Waals surface area contributed by atoms with E-state index < -0.39 is 8.32 Å². The maximum atomic E-state index is 13.4. The topological polar surface area (TPSA) is 103 Å². The van der Waals surface area contributed by atoms with Crippen molar-refractivity contribution >= 4 is 14.2 Å². The van der Waals surface area contributed by atoms with E-state index in [2.05, 4.69) is 54.5 Å². The van der Waals surface area contributed by atoms with Gasteiger partial charge in [0.2, 0.25) is 11.8 Å². The number of halogens is 1. The van der Waals surface area contributed by atoms with Gasteiger partial charge in [-0.15, -0.1) is 10.2 Å². The maximum absolute atomic E-state index is 13.4. The van der Waals surface area contributed by atoms with Gasteiger partial charge in [-0.25, -0.2) is 4.39 Å². The molecule has 182 valence electrons. The molecule has 2 aromatic heterocycles. The number of aromatic nitrogens is 3. The first-order chi connectivity index (χ1) is 16.0. The highest BCUT2D eigenvalue weighted by atomic mass is 28.4. The summed E-state index contributed by atoms with van der Waals surface area (Å²) < 4.78 is 30.6. The van der Waals surface area contributed by atoms with Gasteiger partial charge in [0.25, 0.3) is 5.91 Å². The molecule has 10 heteroatoms. The quantitative estimate of drug-likeness (QED) is 0.442. The van der Waals surface area contributed by atoms with Crippen molar-refractivity contribution < 1.29 is 22.6 Å². The van der Waals surface area contributed by atoms with Crippen LogP contribution in [0.25, 0.3) is 11.3 Å². The first kappa shape index (κ1) is 24.3. The Balaban J connectivity index is 1.24. The molecule has 1 aliphatic rings. The van der Waals surface area contributed by atoms with Crippen LogP contribution in [0, 0.1) is 5.82 Å². The first-order valence-corrected chi connectivity index (χ1v) is 14.4. The second kappa shape index (κ2) is 9.42. The summed E-state index contributed by atoms with van der Waals surface area (Å²) in [6.45, 7) is 11.6. The molecule has 34 heavy (non-hydrogen) atoms. The second-order valence-corrected chi connectivity index (χ2v) is 15.1. The minimum atomic E-state index is -1.80. The van der Waals surface area contributed by atoms with E-state index in [0.717, 1.165) is 0 Å². The fourth-order valence-corrected chi connectivity index (χ4v) is 4.54. The molecular weight excluding hydrogens is 455 g/mol. The Morgan fingerprint density at radius 3 is 2.71 bits per heavy atom. The average Bonchev–Trinajstić information content (AvgIpc) is 3.39. The molecule has 0 radical (unpaired) electrons. The van der Waals surface area contributed by atoms with Crippen LogP contribution in [0.15, 0.2) is 39.3 Å². The van der Waals surface area contributed by atoms with Crippen LogP contribution < -0.4 is 5.32 Å². The lowest BCUT2D eigenvalue weighted by Gasteiger charge is -2.36. The normalized spacial score (nSPS) is 18.5. The van der Waals surface area contributed by atoms with E-state index in [0.29, 0.717) is 49.0 Å². The van der Waals surface area contributed by atoms with Gasteiger partial charge < -0.3 is 18.7 Å². The van der Waals surface area contributed by atoms with Crippen molar-refractivity contribution in [2.45, 2.75) is 70.1 Å². The Kier molecular flexibility index (Phi) is 6.72. The lowest BCUT2D eigenvalue weighted by Crippen LogP contribution is -2.43. The lowest BCUT2D eigenvalue weighted by molar-refractivity contribution is 0.0893. The van der Waals surface area contributed by atoms with Gasteiger partial charge in [0, 0.05) is 36.6 Å². The van der Waals surface area contributed by atoms with Crippen LogP contribution in [-0.4, -0.2) is 42.2 Å². The number of carbonyl (C=O) groups excluding carboxylic acids is 1. The highest BCUT2D eigenvalue weighted by molar-refractivity contribution is 6.74. The van der Waals surface area contributed by atoms with Crippen molar-refractivity contribution in [3.63, 3.8) is 0 Å². The zero-order valence-electron chi connectivity index (χ0n) is 20.2. The number of rotatable bonds is 8. The van der Waals surface area contributed by atoms with Crippen molar-refractivity contribution in [1.82, 2.24) is 20.7 Å². The van der Waals surface area contributed by atoms with E-state index in [9.17, 15) is 9.18 Å². The van der Waals surface area contributed by atoms with E-state index in [4.69, 9.17) is 13.4 Å². The van der Waals surface area contributed by atoms with Crippen LogP contribution in [0.1, 0.15) is 61.8 Å². The van der Waals surface area contributed by atoms with Crippen LogP contribution >= 0.6 is 0 Å². The van der Waals surface area contributed by atoms with Gasteiger partial charge in [-0.2, -0.15) is 0 Å². The number of nitrogens with zero attached hydrogens (tertiary/aromatic N) is 3. The number of nitrogens with one attached hydrogen (secondary N) is 1. The zero-order chi connectivity index (χ0) is 24.5. The Bertz CT molecular complexity index is 1150. The number of hydrogen-bond acceptors (Lipinski definition) is 7. The van der Waals surface area contributed by atoms with Gasteiger partial charge in [0.05, 0.1) is 0 Å². The Morgan fingerprint density at radius 2 is 2.00 bits per heavy atom. The third-order valence-electron chi connectivity index (χ3n) is 6.74. The molecule has 0 bridgehead atoms.